The zero-order chi connectivity index (χ0) is 13.1. The van der Waals surface area contributed by atoms with Crippen molar-refractivity contribution in [3.05, 3.63) is 41.6 Å². The van der Waals surface area contributed by atoms with Crippen molar-refractivity contribution in [3.8, 4) is 0 Å². The van der Waals surface area contributed by atoms with Crippen molar-refractivity contribution in [3.63, 3.8) is 0 Å². The molecule has 0 aliphatic heterocycles. The molecule has 4 heteroatoms. The Morgan fingerprint density at radius 3 is 2.89 bits per heavy atom. The Kier molecular flexibility index (Phi) is 3.58. The van der Waals surface area contributed by atoms with E-state index in [9.17, 15) is 4.79 Å². The molecule has 0 bridgehead atoms. The average molecular weight is 244 g/mol. The molecule has 0 fully saturated rings. The first-order valence-corrected chi connectivity index (χ1v) is 5.90. The summed E-state index contributed by atoms with van der Waals surface area (Å²) in [6.45, 7) is 3.54. The van der Waals surface area contributed by atoms with Gasteiger partial charge in [-0.1, -0.05) is 18.2 Å². The zero-order valence-electron chi connectivity index (χ0n) is 10.5. The summed E-state index contributed by atoms with van der Waals surface area (Å²) in [6, 6.07) is 9.04. The molecular weight excluding hydrogens is 228 g/mol. The molecule has 0 radical (unpaired) electrons. The number of hydrogen-bond acceptors (Lipinski definition) is 3. The molecule has 0 spiro atoms. The van der Waals surface area contributed by atoms with Crippen LogP contribution >= 0.6 is 0 Å². The summed E-state index contributed by atoms with van der Waals surface area (Å²) in [6.07, 6.45) is 0. The van der Waals surface area contributed by atoms with E-state index in [1.54, 1.807) is 13.0 Å². The van der Waals surface area contributed by atoms with Gasteiger partial charge in [0.2, 0.25) is 0 Å². The maximum Gasteiger partial charge on any atom is 0.252 e. The maximum atomic E-state index is 12.1. The summed E-state index contributed by atoms with van der Waals surface area (Å²) in [7, 11) is 0. The van der Waals surface area contributed by atoms with Crippen molar-refractivity contribution >= 4 is 16.8 Å². The predicted octanol–water partition coefficient (Wildman–Crippen LogP) is 1.65. The van der Waals surface area contributed by atoms with Crippen LogP contribution in [0, 0.1) is 6.92 Å². The van der Waals surface area contributed by atoms with Crippen molar-refractivity contribution < 1.29 is 9.90 Å². The van der Waals surface area contributed by atoms with E-state index in [4.69, 9.17) is 5.11 Å². The van der Waals surface area contributed by atoms with Crippen LogP contribution in [0.1, 0.15) is 23.0 Å². The Morgan fingerprint density at radius 1 is 1.44 bits per heavy atom. The van der Waals surface area contributed by atoms with Gasteiger partial charge in [0.05, 0.1) is 17.7 Å². The number of aryl methyl sites for hydroxylation is 1. The number of aromatic nitrogens is 1. The van der Waals surface area contributed by atoms with Crippen LogP contribution in [0.3, 0.4) is 0 Å². The topological polar surface area (TPSA) is 62.2 Å². The SMILES string of the molecule is Cc1cc(C(=O)NC(C)CO)c2ccccc2n1. The fourth-order valence-corrected chi connectivity index (χ4v) is 1.84. The second kappa shape index (κ2) is 5.14. The van der Waals surface area contributed by atoms with Gasteiger partial charge >= 0.3 is 0 Å². The number of benzene rings is 1. The fraction of sp³-hybridized carbons (Fsp3) is 0.286. The van der Waals surface area contributed by atoms with Crippen LogP contribution in [-0.4, -0.2) is 28.6 Å². The van der Waals surface area contributed by atoms with Gasteiger partial charge in [0.1, 0.15) is 0 Å². The number of nitrogens with one attached hydrogen (secondary N) is 1. The van der Waals surface area contributed by atoms with Gasteiger partial charge in [-0.3, -0.25) is 9.78 Å². The minimum atomic E-state index is -0.260. The molecule has 94 valence electrons. The second-order valence-electron chi connectivity index (χ2n) is 4.39. The largest absolute Gasteiger partial charge is 0.394 e. The summed E-state index contributed by atoms with van der Waals surface area (Å²) >= 11 is 0. The lowest BCUT2D eigenvalue weighted by atomic mass is 10.1. The van der Waals surface area contributed by atoms with Crippen molar-refractivity contribution in [1.29, 1.82) is 0 Å². The van der Waals surface area contributed by atoms with E-state index in [0.29, 0.717) is 5.56 Å². The number of carbonyl (C=O) groups is 1. The number of carbonyl (C=O) groups excluding carboxylic acids is 1. The molecule has 0 saturated carbocycles. The standard InChI is InChI=1S/C14H16N2O2/c1-9-7-12(14(18)16-10(2)8-17)11-5-3-4-6-13(11)15-9/h3-7,10,17H,8H2,1-2H3,(H,16,18). The Balaban J connectivity index is 2.46. The van der Waals surface area contributed by atoms with Crippen LogP contribution in [0.2, 0.25) is 0 Å². The van der Waals surface area contributed by atoms with E-state index in [0.717, 1.165) is 16.6 Å². The number of nitrogens with zero attached hydrogens (tertiary/aromatic N) is 1. The number of aliphatic hydroxyl groups excluding tert-OH is 1. The van der Waals surface area contributed by atoms with Gasteiger partial charge in [0, 0.05) is 17.1 Å². The highest BCUT2D eigenvalue weighted by molar-refractivity contribution is 6.06. The molecule has 18 heavy (non-hydrogen) atoms. The van der Waals surface area contributed by atoms with Gasteiger partial charge in [-0.15, -0.1) is 0 Å². The number of fused-ring (bicyclic) bond motifs is 1. The summed E-state index contributed by atoms with van der Waals surface area (Å²) in [5, 5.41) is 12.5. The normalized spacial score (nSPS) is 12.4. The molecule has 1 amide bonds. The van der Waals surface area contributed by atoms with Gasteiger partial charge in [-0.2, -0.15) is 0 Å². The predicted molar refractivity (Wildman–Crippen MR) is 70.5 cm³/mol. The molecule has 1 aromatic carbocycles. The van der Waals surface area contributed by atoms with Crippen LogP contribution in [0.5, 0.6) is 0 Å². The van der Waals surface area contributed by atoms with E-state index in [-0.39, 0.29) is 18.6 Å². The third-order valence-corrected chi connectivity index (χ3v) is 2.74. The lowest BCUT2D eigenvalue weighted by Crippen LogP contribution is -2.35. The summed E-state index contributed by atoms with van der Waals surface area (Å²) < 4.78 is 0. The minimum Gasteiger partial charge on any atom is -0.394 e. The van der Waals surface area contributed by atoms with E-state index in [1.165, 1.54) is 0 Å². The zero-order valence-corrected chi connectivity index (χ0v) is 10.5. The first-order chi connectivity index (χ1) is 8.61. The monoisotopic (exact) mass is 244 g/mol. The molecule has 2 N–H and O–H groups in total. The number of hydrogen-bond donors (Lipinski definition) is 2. The molecule has 1 aromatic heterocycles. The first kappa shape index (κ1) is 12.5. The summed E-state index contributed by atoms with van der Waals surface area (Å²) in [5.41, 5.74) is 2.20. The maximum absolute atomic E-state index is 12.1. The van der Waals surface area contributed by atoms with E-state index in [1.807, 2.05) is 31.2 Å². The Labute approximate surface area is 106 Å². The molecule has 0 saturated heterocycles. The van der Waals surface area contributed by atoms with Crippen molar-refractivity contribution in [1.82, 2.24) is 10.3 Å². The van der Waals surface area contributed by atoms with Crippen LogP contribution in [0.15, 0.2) is 30.3 Å². The van der Waals surface area contributed by atoms with Crippen LogP contribution in [-0.2, 0) is 0 Å². The first-order valence-electron chi connectivity index (χ1n) is 5.90. The number of amides is 1. The molecule has 1 atom stereocenters. The Morgan fingerprint density at radius 2 is 2.17 bits per heavy atom. The lowest BCUT2D eigenvalue weighted by molar-refractivity contribution is 0.0924. The Bertz CT molecular complexity index is 581. The summed E-state index contributed by atoms with van der Waals surface area (Å²) in [5.74, 6) is -0.182. The third-order valence-electron chi connectivity index (χ3n) is 2.74. The molecule has 0 aliphatic rings. The minimum absolute atomic E-state index is 0.0757. The quantitative estimate of drug-likeness (QED) is 0.863. The number of rotatable bonds is 3. The van der Waals surface area contributed by atoms with E-state index in [2.05, 4.69) is 10.3 Å². The highest BCUT2D eigenvalue weighted by Crippen LogP contribution is 2.18. The van der Waals surface area contributed by atoms with Crippen molar-refractivity contribution in [2.75, 3.05) is 6.61 Å². The lowest BCUT2D eigenvalue weighted by Gasteiger charge is -2.12. The molecule has 2 aromatic rings. The number of pyridine rings is 1. The smallest absolute Gasteiger partial charge is 0.252 e. The van der Waals surface area contributed by atoms with Crippen LogP contribution in [0.4, 0.5) is 0 Å². The number of aliphatic hydroxyl groups is 1. The van der Waals surface area contributed by atoms with Gasteiger partial charge in [-0.05, 0) is 26.0 Å². The Hall–Kier alpha value is -1.94. The molecule has 4 nitrogen and oxygen atoms in total. The van der Waals surface area contributed by atoms with Crippen molar-refractivity contribution in [2.45, 2.75) is 19.9 Å². The van der Waals surface area contributed by atoms with Crippen molar-refractivity contribution in [2.24, 2.45) is 0 Å². The van der Waals surface area contributed by atoms with Crippen LogP contribution < -0.4 is 5.32 Å². The van der Waals surface area contributed by atoms with Gasteiger partial charge in [0.25, 0.3) is 5.91 Å². The molecule has 1 unspecified atom stereocenters. The van der Waals surface area contributed by atoms with Gasteiger partial charge in [-0.25, -0.2) is 0 Å². The highest BCUT2D eigenvalue weighted by Gasteiger charge is 2.13. The molecule has 2 rings (SSSR count). The fourth-order valence-electron chi connectivity index (χ4n) is 1.84. The van der Waals surface area contributed by atoms with E-state index >= 15 is 0 Å². The van der Waals surface area contributed by atoms with Gasteiger partial charge in [0.15, 0.2) is 0 Å². The summed E-state index contributed by atoms with van der Waals surface area (Å²) in [4.78, 5) is 16.5. The van der Waals surface area contributed by atoms with E-state index < -0.39 is 0 Å². The van der Waals surface area contributed by atoms with Gasteiger partial charge < -0.3 is 10.4 Å². The average Bonchev–Trinajstić information content (AvgIpc) is 2.37. The molecule has 0 aliphatic carbocycles. The number of para-hydroxylation sites is 1. The molecular formula is C14H16N2O2. The van der Waals surface area contributed by atoms with Crippen LogP contribution in [0.25, 0.3) is 10.9 Å². The highest BCUT2D eigenvalue weighted by atomic mass is 16.3. The third kappa shape index (κ3) is 2.49. The molecule has 1 heterocycles. The second-order valence-corrected chi connectivity index (χ2v) is 4.39.